The highest BCUT2D eigenvalue weighted by molar-refractivity contribution is 7.09. The van der Waals surface area contributed by atoms with E-state index in [1.54, 1.807) is 0 Å². The van der Waals surface area contributed by atoms with Crippen molar-refractivity contribution >= 4 is 17.2 Å². The Morgan fingerprint density at radius 3 is 2.67 bits per heavy atom. The second-order valence-electron chi connectivity index (χ2n) is 5.25. The molecule has 1 saturated heterocycles. The number of hydrogen-bond donors (Lipinski definition) is 2. The van der Waals surface area contributed by atoms with Crippen LogP contribution < -0.4 is 10.6 Å². The lowest BCUT2D eigenvalue weighted by Gasteiger charge is -2.32. The third-order valence-electron chi connectivity index (χ3n) is 3.77. The Morgan fingerprint density at radius 1 is 1.57 bits per heavy atom. The number of aromatic nitrogens is 1. The van der Waals surface area contributed by atoms with Crippen molar-refractivity contribution in [3.63, 3.8) is 0 Å². The van der Waals surface area contributed by atoms with E-state index >= 15 is 0 Å². The maximum atomic E-state index is 12.6. The summed E-state index contributed by atoms with van der Waals surface area (Å²) in [5.41, 5.74) is -0.897. The number of nitrogens with one attached hydrogen (secondary N) is 2. The van der Waals surface area contributed by atoms with E-state index in [-0.39, 0.29) is 11.8 Å². The van der Waals surface area contributed by atoms with Gasteiger partial charge in [-0.2, -0.15) is 13.2 Å². The third-order valence-corrected chi connectivity index (χ3v) is 4.73. The average Bonchev–Trinajstić information content (AvgIpc) is 2.82. The second-order valence-corrected chi connectivity index (χ2v) is 6.13. The number of carbonyl (C=O) groups is 1. The summed E-state index contributed by atoms with van der Waals surface area (Å²) in [6, 6.07) is -0.464. The smallest absolute Gasteiger partial charge is 0.347 e. The van der Waals surface area contributed by atoms with Gasteiger partial charge in [0.15, 0.2) is 5.69 Å². The molecule has 1 aliphatic heterocycles. The minimum absolute atomic E-state index is 0.128. The maximum Gasteiger partial charge on any atom is 0.434 e. The number of halogens is 3. The number of thiazole rings is 1. The van der Waals surface area contributed by atoms with Gasteiger partial charge in [0.05, 0.1) is 6.04 Å². The Balaban J connectivity index is 2.02. The Bertz CT molecular complexity index is 499. The molecule has 21 heavy (non-hydrogen) atoms. The molecule has 0 aliphatic carbocycles. The van der Waals surface area contributed by atoms with Crippen LogP contribution in [0.1, 0.15) is 37.0 Å². The average molecular weight is 321 g/mol. The molecule has 0 saturated carbocycles. The summed E-state index contributed by atoms with van der Waals surface area (Å²) in [6.07, 6.45) is -3.94. The van der Waals surface area contributed by atoms with E-state index < -0.39 is 17.9 Å². The zero-order chi connectivity index (χ0) is 15.6. The zero-order valence-electron chi connectivity index (χ0n) is 11.8. The van der Waals surface area contributed by atoms with Crippen LogP contribution in [0.5, 0.6) is 0 Å². The molecule has 2 atom stereocenters. The van der Waals surface area contributed by atoms with Gasteiger partial charge in [0.2, 0.25) is 5.91 Å². The highest BCUT2D eigenvalue weighted by atomic mass is 32.1. The van der Waals surface area contributed by atoms with Crippen LogP contribution in [-0.4, -0.2) is 24.0 Å². The minimum atomic E-state index is -4.44. The van der Waals surface area contributed by atoms with E-state index in [1.165, 1.54) is 0 Å². The fourth-order valence-electron chi connectivity index (χ4n) is 2.10. The van der Waals surface area contributed by atoms with E-state index in [0.29, 0.717) is 17.3 Å². The number of nitrogens with zero attached hydrogens (tertiary/aromatic N) is 1. The molecule has 2 rings (SSSR count). The number of carbonyl (C=O) groups excluding carboxylic acids is 1. The van der Waals surface area contributed by atoms with Crippen molar-refractivity contribution in [1.29, 1.82) is 0 Å². The largest absolute Gasteiger partial charge is 0.434 e. The molecular weight excluding hydrogens is 303 g/mol. The summed E-state index contributed by atoms with van der Waals surface area (Å²) < 4.78 is 37.7. The lowest BCUT2D eigenvalue weighted by molar-refractivity contribution is -0.140. The topological polar surface area (TPSA) is 54.0 Å². The van der Waals surface area contributed by atoms with E-state index in [4.69, 9.17) is 0 Å². The first-order chi connectivity index (χ1) is 9.82. The molecule has 1 aromatic rings. The highest BCUT2D eigenvalue weighted by Crippen LogP contribution is 2.32. The summed E-state index contributed by atoms with van der Waals surface area (Å²) in [4.78, 5) is 15.7. The van der Waals surface area contributed by atoms with Gasteiger partial charge in [0, 0.05) is 11.3 Å². The van der Waals surface area contributed by atoms with Crippen LogP contribution in [0.4, 0.5) is 13.2 Å². The van der Waals surface area contributed by atoms with Crippen LogP contribution in [0.25, 0.3) is 0 Å². The van der Waals surface area contributed by atoms with Crippen molar-refractivity contribution in [2.75, 3.05) is 13.1 Å². The molecule has 2 N–H and O–H groups in total. The molecular formula is C13H18F3N3OS. The lowest BCUT2D eigenvalue weighted by Crippen LogP contribution is -2.50. The van der Waals surface area contributed by atoms with Gasteiger partial charge in [-0.15, -0.1) is 11.3 Å². The Kier molecular flexibility index (Phi) is 4.88. The molecule has 118 valence electrons. The number of amides is 1. The van der Waals surface area contributed by atoms with E-state index in [9.17, 15) is 18.0 Å². The summed E-state index contributed by atoms with van der Waals surface area (Å²) in [7, 11) is 0. The molecule has 0 radical (unpaired) electrons. The van der Waals surface area contributed by atoms with Crippen LogP contribution in [0, 0.1) is 11.8 Å². The van der Waals surface area contributed by atoms with Crippen molar-refractivity contribution in [2.45, 2.75) is 32.5 Å². The molecule has 8 heteroatoms. The fraction of sp³-hybridized carbons (Fsp3) is 0.692. The van der Waals surface area contributed by atoms with Crippen molar-refractivity contribution in [2.24, 2.45) is 11.8 Å². The van der Waals surface area contributed by atoms with Gasteiger partial charge in [0.1, 0.15) is 5.01 Å². The molecule has 4 nitrogen and oxygen atoms in total. The van der Waals surface area contributed by atoms with Crippen molar-refractivity contribution in [3.05, 3.63) is 16.1 Å². The van der Waals surface area contributed by atoms with Crippen LogP contribution in [0.15, 0.2) is 5.38 Å². The lowest BCUT2D eigenvalue weighted by atomic mass is 9.88. The predicted molar refractivity (Wildman–Crippen MR) is 73.8 cm³/mol. The zero-order valence-corrected chi connectivity index (χ0v) is 12.6. The second kappa shape index (κ2) is 6.31. The van der Waals surface area contributed by atoms with Crippen molar-refractivity contribution in [3.8, 4) is 0 Å². The van der Waals surface area contributed by atoms with Gasteiger partial charge in [0.25, 0.3) is 0 Å². The number of hydrogen-bond acceptors (Lipinski definition) is 4. The first kappa shape index (κ1) is 16.2. The van der Waals surface area contributed by atoms with Gasteiger partial charge >= 0.3 is 6.18 Å². The van der Waals surface area contributed by atoms with Gasteiger partial charge in [-0.25, -0.2) is 4.98 Å². The Hall–Kier alpha value is -1.15. The quantitative estimate of drug-likeness (QED) is 0.876. The predicted octanol–water partition coefficient (Wildman–Crippen LogP) is 2.58. The van der Waals surface area contributed by atoms with Crippen LogP contribution in [-0.2, 0) is 11.0 Å². The van der Waals surface area contributed by atoms with Crippen molar-refractivity contribution in [1.82, 2.24) is 15.6 Å². The van der Waals surface area contributed by atoms with Gasteiger partial charge in [-0.1, -0.05) is 13.8 Å². The van der Waals surface area contributed by atoms with Crippen LogP contribution in [0.3, 0.4) is 0 Å². The summed E-state index contributed by atoms with van der Waals surface area (Å²) in [6.45, 7) is 5.27. The van der Waals surface area contributed by atoms with E-state index in [0.717, 1.165) is 29.8 Å². The van der Waals surface area contributed by atoms with Gasteiger partial charge in [-0.3, -0.25) is 4.79 Å². The molecule has 1 amide bonds. The van der Waals surface area contributed by atoms with E-state index in [2.05, 4.69) is 15.6 Å². The summed E-state index contributed by atoms with van der Waals surface area (Å²) in [5, 5.41) is 7.20. The van der Waals surface area contributed by atoms with Gasteiger partial charge < -0.3 is 10.6 Å². The SMILES string of the molecule is CCC(NC(=O)C(C)C1CNC1)c1nc(C(F)(F)F)cs1. The van der Waals surface area contributed by atoms with Crippen molar-refractivity contribution < 1.29 is 18.0 Å². The Labute approximate surface area is 125 Å². The third kappa shape index (κ3) is 3.74. The maximum absolute atomic E-state index is 12.6. The molecule has 2 heterocycles. The molecule has 1 aromatic heterocycles. The molecule has 1 fully saturated rings. The van der Waals surface area contributed by atoms with E-state index in [1.807, 2.05) is 13.8 Å². The summed E-state index contributed by atoms with van der Waals surface area (Å²) in [5.74, 6) is 0.0176. The number of rotatable bonds is 5. The monoisotopic (exact) mass is 321 g/mol. The standard InChI is InChI=1S/C13H18F3N3OS/c1-3-9(12-19-10(6-21-12)13(14,15)16)18-11(20)7(2)8-4-17-5-8/h6-9,17H,3-5H2,1-2H3,(H,18,20). The normalized spacial score (nSPS) is 18.9. The molecule has 1 aliphatic rings. The molecule has 0 aromatic carbocycles. The van der Waals surface area contributed by atoms with Gasteiger partial charge in [-0.05, 0) is 25.4 Å². The molecule has 2 unspecified atom stereocenters. The highest BCUT2D eigenvalue weighted by Gasteiger charge is 2.35. The first-order valence-electron chi connectivity index (χ1n) is 6.86. The fourth-order valence-corrected chi connectivity index (χ4v) is 3.06. The van der Waals surface area contributed by atoms with Crippen LogP contribution in [0.2, 0.25) is 0 Å². The first-order valence-corrected chi connectivity index (χ1v) is 7.74. The van der Waals surface area contributed by atoms with Crippen LogP contribution >= 0.6 is 11.3 Å². The Morgan fingerprint density at radius 2 is 2.24 bits per heavy atom. The minimum Gasteiger partial charge on any atom is -0.347 e. The molecule has 0 spiro atoms. The number of alkyl halides is 3. The molecule has 0 bridgehead atoms. The summed E-state index contributed by atoms with van der Waals surface area (Å²) >= 11 is 0.933.